The molecule has 2 bridgehead atoms. The molecule has 2 saturated heterocycles. The molecule has 4 heterocycles. The molecule has 15 heteroatoms. The molecule has 2 aromatic heterocycles. The number of carbonyl (C=O) groups excluding carboxylic acids is 1. The smallest absolute Gasteiger partial charge is 0.293 e. The van der Waals surface area contributed by atoms with Crippen molar-refractivity contribution in [1.29, 1.82) is 0 Å². The second-order valence-corrected chi connectivity index (χ2v) is 20.9. The molecule has 5 fully saturated rings. The highest BCUT2D eigenvalue weighted by atomic mass is 32.2. The first-order valence-electron chi connectivity index (χ1n) is 22.4. The van der Waals surface area contributed by atoms with Gasteiger partial charge >= 0.3 is 0 Å². The Kier molecular flexibility index (Phi) is 11.8. The number of allylic oxidation sites excluding steroid dienone is 1. The van der Waals surface area contributed by atoms with Crippen molar-refractivity contribution in [3.63, 3.8) is 0 Å². The minimum absolute atomic E-state index is 0.0103. The first-order valence-corrected chi connectivity index (χ1v) is 23.9. The lowest BCUT2D eigenvalue weighted by Crippen LogP contribution is -2.48. The third kappa shape index (κ3) is 9.07. The van der Waals surface area contributed by atoms with E-state index in [1.165, 1.54) is 50.7 Å². The van der Waals surface area contributed by atoms with E-state index in [4.69, 9.17) is 9.47 Å². The summed E-state index contributed by atoms with van der Waals surface area (Å²) >= 11 is 0. The molecular weight excluding hydrogens is 807 g/mol. The summed E-state index contributed by atoms with van der Waals surface area (Å²) in [4.78, 5) is 37.4. The highest BCUT2D eigenvalue weighted by Gasteiger charge is 2.47. The maximum atomic E-state index is 13.9. The van der Waals surface area contributed by atoms with Gasteiger partial charge in [0, 0.05) is 81.9 Å². The summed E-state index contributed by atoms with van der Waals surface area (Å²) in [5.41, 5.74) is 5.14. The molecule has 0 spiro atoms. The number of nitrogens with one attached hydrogen (secondary N) is 3. The van der Waals surface area contributed by atoms with Crippen LogP contribution in [0.1, 0.15) is 82.5 Å². The van der Waals surface area contributed by atoms with E-state index in [1.807, 2.05) is 12.1 Å². The molecule has 4 aliphatic carbocycles. The number of nitrogens with zero attached hydrogens (tertiary/aromatic N) is 4. The monoisotopic (exact) mass is 865 g/mol. The number of aromatic amines is 1. The first kappa shape index (κ1) is 42.3. The van der Waals surface area contributed by atoms with Crippen molar-refractivity contribution < 1.29 is 27.6 Å². The maximum Gasteiger partial charge on any atom is 0.293 e. The highest BCUT2D eigenvalue weighted by Crippen LogP contribution is 2.57. The van der Waals surface area contributed by atoms with E-state index < -0.39 is 31.4 Å². The van der Waals surface area contributed by atoms with E-state index in [1.54, 1.807) is 41.7 Å². The van der Waals surface area contributed by atoms with Crippen LogP contribution in [0.5, 0.6) is 11.5 Å². The Morgan fingerprint density at radius 3 is 2.58 bits per heavy atom. The van der Waals surface area contributed by atoms with E-state index in [2.05, 4.69) is 50.6 Å². The van der Waals surface area contributed by atoms with E-state index in [-0.39, 0.29) is 22.9 Å². The lowest BCUT2D eigenvalue weighted by molar-refractivity contribution is -0.384. The first-order chi connectivity index (χ1) is 29.8. The zero-order chi connectivity index (χ0) is 43.2. The van der Waals surface area contributed by atoms with Crippen molar-refractivity contribution in [2.75, 3.05) is 62.7 Å². The molecule has 3 saturated carbocycles. The standard InChI is InChI=1S/C47H59N7O7S/c1-30-20-40(35-21-34(30)22-35)41-26-47(2,3)12-8-33(41)29-52-14-16-53(17-15-52)36-4-6-39(44(24-36)61-37-23-32-9-13-48-45(32)50-28-37)46(55)51-62(58,59)38-5-7-42(43(25-38)54(56)57)49-27-31-10-18-60-19-11-31/h4-7,9,13,23-25,28,30-31,34-35,40,49H,8,10-12,14-22,26-27,29H2,1-3H3,(H,48,50)(H,51,55)/t30-,34?,35?,40+/m0/s1. The van der Waals surface area contributed by atoms with Crippen molar-refractivity contribution in [2.24, 2.45) is 35.0 Å². The van der Waals surface area contributed by atoms with Crippen LogP contribution in [0.4, 0.5) is 17.1 Å². The Balaban J connectivity index is 0.921. The second kappa shape index (κ2) is 17.3. The average Bonchev–Trinajstić information content (AvgIpc) is 3.71. The number of pyridine rings is 1. The van der Waals surface area contributed by atoms with Gasteiger partial charge in [-0.15, -0.1) is 0 Å². The van der Waals surface area contributed by atoms with Gasteiger partial charge in [0.2, 0.25) is 0 Å². The van der Waals surface area contributed by atoms with Gasteiger partial charge in [0.15, 0.2) is 0 Å². The van der Waals surface area contributed by atoms with Crippen LogP contribution in [0.15, 0.2) is 77.0 Å². The molecule has 3 N–H and O–H groups in total. The minimum Gasteiger partial charge on any atom is -0.455 e. The molecule has 14 nitrogen and oxygen atoms in total. The van der Waals surface area contributed by atoms with E-state index in [0.29, 0.717) is 36.6 Å². The lowest BCUT2D eigenvalue weighted by Gasteiger charge is -2.53. The summed E-state index contributed by atoms with van der Waals surface area (Å²) < 4.78 is 41.3. The average molecular weight is 866 g/mol. The molecule has 2 aliphatic heterocycles. The Hall–Kier alpha value is -4.99. The van der Waals surface area contributed by atoms with Crippen LogP contribution < -0.4 is 19.7 Å². The number of nitro benzene ring substituents is 1. The van der Waals surface area contributed by atoms with Crippen molar-refractivity contribution in [1.82, 2.24) is 19.6 Å². The SMILES string of the molecule is C[C@H]1C[C@@H](C2=C(CN3CCN(c4ccc(C(=O)NS(=O)(=O)c5ccc(NCC6CCOCC6)c([N+](=O)[O-])c5)c(Oc5cnc6[nH]ccc6c5)c4)CC3)CCC(C)(C)C2)C2CC1C2. The number of amides is 1. The Morgan fingerprint density at radius 1 is 1.03 bits per heavy atom. The van der Waals surface area contributed by atoms with Gasteiger partial charge in [0.05, 0.1) is 21.6 Å². The molecule has 10 rings (SSSR count). The number of ether oxygens (including phenoxy) is 2. The van der Waals surface area contributed by atoms with Crippen LogP contribution >= 0.6 is 0 Å². The highest BCUT2D eigenvalue weighted by molar-refractivity contribution is 7.90. The second-order valence-electron chi connectivity index (χ2n) is 19.2. The van der Waals surface area contributed by atoms with Gasteiger partial charge in [-0.2, -0.15) is 0 Å². The Labute approximate surface area is 364 Å². The molecule has 4 aromatic rings. The van der Waals surface area contributed by atoms with Gasteiger partial charge in [0.1, 0.15) is 22.8 Å². The number of benzene rings is 2. The fraction of sp³-hybridized carbons (Fsp3) is 0.532. The Bertz CT molecular complexity index is 2460. The number of rotatable bonds is 13. The van der Waals surface area contributed by atoms with Crippen LogP contribution in [-0.2, 0) is 14.8 Å². The molecule has 1 amide bonds. The summed E-state index contributed by atoms with van der Waals surface area (Å²) in [5.74, 6) is 3.27. The predicted molar refractivity (Wildman–Crippen MR) is 239 cm³/mol. The topological polar surface area (TPSA) is 172 Å². The van der Waals surface area contributed by atoms with Crippen molar-refractivity contribution in [3.05, 3.63) is 87.7 Å². The van der Waals surface area contributed by atoms with Crippen LogP contribution in [0.3, 0.4) is 0 Å². The number of anilines is 2. The predicted octanol–water partition coefficient (Wildman–Crippen LogP) is 8.53. The quantitative estimate of drug-likeness (QED) is 0.0668. The molecule has 330 valence electrons. The third-order valence-corrected chi connectivity index (χ3v) is 15.8. The number of hydrogen-bond acceptors (Lipinski definition) is 11. The molecular formula is C47H59N7O7S. The van der Waals surface area contributed by atoms with Crippen LogP contribution in [-0.4, -0.2) is 86.6 Å². The Morgan fingerprint density at radius 2 is 1.82 bits per heavy atom. The van der Waals surface area contributed by atoms with Gasteiger partial charge < -0.3 is 24.7 Å². The fourth-order valence-corrected chi connectivity index (χ4v) is 11.6. The third-order valence-electron chi connectivity index (χ3n) is 14.5. The summed E-state index contributed by atoms with van der Waals surface area (Å²) in [5, 5.41) is 16.0. The number of sulfonamides is 1. The largest absolute Gasteiger partial charge is 0.455 e. The lowest BCUT2D eigenvalue weighted by atomic mass is 9.52. The van der Waals surface area contributed by atoms with E-state index >= 15 is 0 Å². The summed E-state index contributed by atoms with van der Waals surface area (Å²) in [6.07, 6.45) is 12.8. The molecule has 62 heavy (non-hydrogen) atoms. The number of fused-ring (bicyclic) bond motifs is 3. The maximum absolute atomic E-state index is 13.9. The van der Waals surface area contributed by atoms with Crippen molar-refractivity contribution >= 4 is 44.0 Å². The molecule has 6 aliphatic rings. The normalized spacial score (nSPS) is 24.4. The number of nitro groups is 1. The number of piperazine rings is 1. The van der Waals surface area contributed by atoms with E-state index in [0.717, 1.165) is 86.4 Å². The van der Waals surface area contributed by atoms with Crippen LogP contribution in [0.25, 0.3) is 11.0 Å². The number of hydrogen-bond donors (Lipinski definition) is 3. The molecule has 2 aromatic carbocycles. The summed E-state index contributed by atoms with van der Waals surface area (Å²) in [6, 6.07) is 12.4. The van der Waals surface area contributed by atoms with Gasteiger partial charge in [-0.1, -0.05) is 31.9 Å². The minimum atomic E-state index is -4.54. The van der Waals surface area contributed by atoms with Gasteiger partial charge in [0.25, 0.3) is 21.6 Å². The van der Waals surface area contributed by atoms with E-state index in [9.17, 15) is 23.3 Å². The number of aromatic nitrogens is 2. The molecule has 0 radical (unpaired) electrons. The van der Waals surface area contributed by atoms with Crippen molar-refractivity contribution in [2.45, 2.75) is 77.0 Å². The van der Waals surface area contributed by atoms with Crippen LogP contribution in [0, 0.1) is 45.1 Å². The number of carbonyl (C=O) groups is 1. The van der Waals surface area contributed by atoms with Gasteiger partial charge in [-0.25, -0.2) is 18.1 Å². The van der Waals surface area contributed by atoms with Gasteiger partial charge in [-0.05, 0) is 123 Å². The van der Waals surface area contributed by atoms with Crippen molar-refractivity contribution in [3.8, 4) is 11.5 Å². The number of H-pyrrole nitrogens is 1. The fourth-order valence-electron chi connectivity index (χ4n) is 10.6. The zero-order valence-corrected chi connectivity index (χ0v) is 36.8. The summed E-state index contributed by atoms with van der Waals surface area (Å²) in [7, 11) is -4.54. The van der Waals surface area contributed by atoms with Gasteiger partial charge in [-0.3, -0.25) is 19.8 Å². The molecule has 2 atom stereocenters. The zero-order valence-electron chi connectivity index (χ0n) is 36.0. The molecule has 0 unspecified atom stereocenters. The summed E-state index contributed by atoms with van der Waals surface area (Å²) in [6.45, 7) is 13.5. The van der Waals surface area contributed by atoms with Crippen LogP contribution in [0.2, 0.25) is 0 Å².